The highest BCUT2D eigenvalue weighted by molar-refractivity contribution is 7.89. The Bertz CT molecular complexity index is 1200. The first-order chi connectivity index (χ1) is 14.7. The minimum Gasteiger partial charge on any atom is -0.489 e. The number of carbonyl (C=O) groups is 1. The molecule has 31 heavy (non-hydrogen) atoms. The topological polar surface area (TPSA) is 75.7 Å². The largest absolute Gasteiger partial charge is 0.489 e. The van der Waals surface area contributed by atoms with Crippen LogP contribution in [0.15, 0.2) is 71.6 Å². The molecule has 1 amide bonds. The Morgan fingerprint density at radius 1 is 1.06 bits per heavy atom. The number of nitrogens with zero attached hydrogens (tertiary/aromatic N) is 1. The van der Waals surface area contributed by atoms with Gasteiger partial charge in [0.2, 0.25) is 10.0 Å². The monoisotopic (exact) mass is 462 g/mol. The molecule has 3 rings (SSSR count). The Morgan fingerprint density at radius 3 is 2.45 bits per heavy atom. The van der Waals surface area contributed by atoms with Crippen molar-refractivity contribution in [3.63, 3.8) is 0 Å². The lowest BCUT2D eigenvalue weighted by molar-refractivity contribution is 0.102. The van der Waals surface area contributed by atoms with Crippen molar-refractivity contribution in [2.45, 2.75) is 11.5 Å². The smallest absolute Gasteiger partial charge is 0.257 e. The zero-order valence-electron chi connectivity index (χ0n) is 16.8. The summed E-state index contributed by atoms with van der Waals surface area (Å²) in [7, 11) is -0.907. The zero-order valence-corrected chi connectivity index (χ0v) is 18.4. The van der Waals surface area contributed by atoms with Crippen LogP contribution in [-0.4, -0.2) is 32.7 Å². The van der Waals surface area contributed by atoms with E-state index in [0.29, 0.717) is 11.4 Å². The molecule has 9 heteroatoms. The fraction of sp³-hybridized carbons (Fsp3) is 0.136. The molecule has 0 heterocycles. The first kappa shape index (κ1) is 22.7. The predicted octanol–water partition coefficient (Wildman–Crippen LogP) is 4.56. The number of hydrogen-bond acceptors (Lipinski definition) is 4. The highest BCUT2D eigenvalue weighted by Crippen LogP contribution is 2.24. The van der Waals surface area contributed by atoms with Gasteiger partial charge in [0.25, 0.3) is 5.91 Å². The van der Waals surface area contributed by atoms with Crippen LogP contribution in [0.5, 0.6) is 5.75 Å². The zero-order chi connectivity index (χ0) is 22.6. The SMILES string of the molecule is CN(C)S(=O)(=O)c1ccc(Cl)c(C(=O)Nc2cccc(OCc3ccc(F)cc3)c2)c1. The molecule has 0 spiro atoms. The second-order valence-corrected chi connectivity index (χ2v) is 9.39. The van der Waals surface area contributed by atoms with Crippen LogP contribution in [0.2, 0.25) is 5.02 Å². The average Bonchev–Trinajstić information content (AvgIpc) is 2.73. The molecule has 0 aliphatic rings. The van der Waals surface area contributed by atoms with Crippen molar-refractivity contribution in [3.8, 4) is 5.75 Å². The van der Waals surface area contributed by atoms with Crippen LogP contribution in [0.1, 0.15) is 15.9 Å². The fourth-order valence-corrected chi connectivity index (χ4v) is 3.79. The molecule has 0 radical (unpaired) electrons. The molecule has 0 fully saturated rings. The van der Waals surface area contributed by atoms with Gasteiger partial charge in [-0.05, 0) is 48.0 Å². The van der Waals surface area contributed by atoms with Crippen molar-refractivity contribution in [1.82, 2.24) is 4.31 Å². The van der Waals surface area contributed by atoms with Crippen molar-refractivity contribution in [2.24, 2.45) is 0 Å². The maximum atomic E-state index is 13.0. The molecule has 3 aromatic rings. The number of amides is 1. The van der Waals surface area contributed by atoms with Gasteiger partial charge in [-0.2, -0.15) is 0 Å². The summed E-state index contributed by atoms with van der Waals surface area (Å²) in [5, 5.41) is 2.82. The molecule has 1 N–H and O–H groups in total. The third-order valence-corrected chi connectivity index (χ3v) is 6.51. The molecule has 0 saturated carbocycles. The molecule has 0 saturated heterocycles. The van der Waals surface area contributed by atoms with Crippen molar-refractivity contribution in [3.05, 3.63) is 88.7 Å². The number of hydrogen-bond donors (Lipinski definition) is 1. The van der Waals surface area contributed by atoms with Crippen LogP contribution in [0, 0.1) is 5.82 Å². The van der Waals surface area contributed by atoms with Gasteiger partial charge >= 0.3 is 0 Å². The number of carbonyl (C=O) groups excluding carboxylic acids is 1. The van der Waals surface area contributed by atoms with E-state index in [-0.39, 0.29) is 27.9 Å². The van der Waals surface area contributed by atoms with E-state index in [1.54, 1.807) is 36.4 Å². The van der Waals surface area contributed by atoms with E-state index in [1.165, 1.54) is 44.4 Å². The summed E-state index contributed by atoms with van der Waals surface area (Å²) in [4.78, 5) is 12.7. The van der Waals surface area contributed by atoms with Gasteiger partial charge < -0.3 is 10.1 Å². The van der Waals surface area contributed by atoms with Crippen molar-refractivity contribution < 1.29 is 22.3 Å². The van der Waals surface area contributed by atoms with Gasteiger partial charge in [-0.1, -0.05) is 29.8 Å². The van der Waals surface area contributed by atoms with Gasteiger partial charge in [0, 0.05) is 25.8 Å². The van der Waals surface area contributed by atoms with Gasteiger partial charge in [0.15, 0.2) is 0 Å². The molecule has 6 nitrogen and oxygen atoms in total. The standard InChI is InChI=1S/C22H20ClFN2O4S/c1-26(2)31(28,29)19-10-11-21(23)20(13-19)22(27)25-17-4-3-5-18(12-17)30-14-15-6-8-16(24)9-7-15/h3-13H,14H2,1-2H3,(H,25,27). The number of benzene rings is 3. The Morgan fingerprint density at radius 2 is 1.77 bits per heavy atom. The van der Waals surface area contributed by atoms with Gasteiger partial charge in [-0.25, -0.2) is 17.1 Å². The van der Waals surface area contributed by atoms with E-state index in [1.807, 2.05) is 0 Å². The van der Waals surface area contributed by atoms with Crippen LogP contribution in [0.3, 0.4) is 0 Å². The lowest BCUT2D eigenvalue weighted by Crippen LogP contribution is -2.23. The Balaban J connectivity index is 1.75. The molecule has 0 aliphatic heterocycles. The summed E-state index contributed by atoms with van der Waals surface area (Å²) < 4.78 is 44.4. The van der Waals surface area contributed by atoms with E-state index in [2.05, 4.69) is 5.32 Å². The van der Waals surface area contributed by atoms with Crippen LogP contribution >= 0.6 is 11.6 Å². The highest BCUT2D eigenvalue weighted by atomic mass is 35.5. The van der Waals surface area contributed by atoms with Gasteiger partial charge in [-0.3, -0.25) is 4.79 Å². The van der Waals surface area contributed by atoms with Gasteiger partial charge in [0.1, 0.15) is 18.2 Å². The second-order valence-electron chi connectivity index (χ2n) is 6.83. The maximum Gasteiger partial charge on any atom is 0.257 e. The van der Waals surface area contributed by atoms with E-state index in [0.717, 1.165) is 9.87 Å². The van der Waals surface area contributed by atoms with Crippen molar-refractivity contribution in [2.75, 3.05) is 19.4 Å². The van der Waals surface area contributed by atoms with E-state index < -0.39 is 15.9 Å². The number of halogens is 2. The molecule has 0 unspecified atom stereocenters. The van der Waals surface area contributed by atoms with Crippen LogP contribution < -0.4 is 10.1 Å². The lowest BCUT2D eigenvalue weighted by atomic mass is 10.2. The van der Waals surface area contributed by atoms with Gasteiger partial charge in [0.05, 0.1) is 15.5 Å². The molecular formula is C22H20ClFN2O4S. The van der Waals surface area contributed by atoms with Crippen molar-refractivity contribution in [1.29, 1.82) is 0 Å². The van der Waals surface area contributed by atoms with Crippen molar-refractivity contribution >= 4 is 33.2 Å². The Hall–Kier alpha value is -2.94. The number of ether oxygens (including phenoxy) is 1. The summed E-state index contributed by atoms with van der Waals surface area (Å²) in [6.07, 6.45) is 0. The molecule has 0 aliphatic carbocycles. The molecular weight excluding hydrogens is 443 g/mol. The summed E-state index contributed by atoms with van der Waals surface area (Å²) in [5.41, 5.74) is 1.27. The van der Waals surface area contributed by atoms with E-state index >= 15 is 0 Å². The second kappa shape index (κ2) is 9.47. The molecule has 0 atom stereocenters. The van der Waals surface area contributed by atoms with Crippen LogP contribution in [-0.2, 0) is 16.6 Å². The highest BCUT2D eigenvalue weighted by Gasteiger charge is 2.21. The molecule has 162 valence electrons. The maximum absolute atomic E-state index is 13.0. The molecule has 3 aromatic carbocycles. The number of nitrogens with one attached hydrogen (secondary N) is 1. The Labute approximate surface area is 185 Å². The molecule has 0 bridgehead atoms. The minimum absolute atomic E-state index is 0.0298. The number of anilines is 1. The quantitative estimate of drug-likeness (QED) is 0.558. The number of sulfonamides is 1. The third kappa shape index (κ3) is 5.61. The normalized spacial score (nSPS) is 11.4. The summed E-state index contributed by atoms with van der Waals surface area (Å²) >= 11 is 6.13. The predicted molar refractivity (Wildman–Crippen MR) is 117 cm³/mol. The van der Waals surface area contributed by atoms with Gasteiger partial charge in [-0.15, -0.1) is 0 Å². The fourth-order valence-electron chi connectivity index (χ4n) is 2.66. The summed E-state index contributed by atoms with van der Waals surface area (Å²) in [6.45, 7) is 0.230. The first-order valence-electron chi connectivity index (χ1n) is 9.17. The first-order valence-corrected chi connectivity index (χ1v) is 11.0. The molecule has 0 aromatic heterocycles. The van der Waals surface area contributed by atoms with E-state index in [9.17, 15) is 17.6 Å². The minimum atomic E-state index is -3.71. The summed E-state index contributed by atoms with van der Waals surface area (Å²) in [6, 6.07) is 16.6. The number of rotatable bonds is 7. The van der Waals surface area contributed by atoms with Crippen LogP contribution in [0.4, 0.5) is 10.1 Å². The Kier molecular flexibility index (Phi) is 6.94. The van der Waals surface area contributed by atoms with Crippen LogP contribution in [0.25, 0.3) is 0 Å². The van der Waals surface area contributed by atoms with E-state index in [4.69, 9.17) is 16.3 Å². The lowest BCUT2D eigenvalue weighted by Gasteiger charge is -2.13. The summed E-state index contributed by atoms with van der Waals surface area (Å²) in [5.74, 6) is -0.386. The average molecular weight is 463 g/mol. The third-order valence-electron chi connectivity index (χ3n) is 4.37.